The third kappa shape index (κ3) is 3.04. The number of ether oxygens (including phenoxy) is 1. The van der Waals surface area contributed by atoms with Crippen LogP contribution in [-0.4, -0.2) is 65.7 Å². The van der Waals surface area contributed by atoms with E-state index in [4.69, 9.17) is 4.74 Å². The Morgan fingerprint density at radius 2 is 1.93 bits per heavy atom. The average molecular weight is 372 g/mol. The fourth-order valence-corrected chi connectivity index (χ4v) is 3.01. The Kier molecular flexibility index (Phi) is 4.54. The quantitative estimate of drug-likeness (QED) is 0.457. The van der Waals surface area contributed by atoms with Crippen molar-refractivity contribution in [1.29, 1.82) is 0 Å². The number of amides is 1. The van der Waals surface area contributed by atoms with Gasteiger partial charge in [0.1, 0.15) is 24.6 Å². The van der Waals surface area contributed by atoms with Crippen LogP contribution in [0.15, 0.2) is 43.0 Å². The molecule has 0 radical (unpaired) electrons. The molecule has 0 saturated carbocycles. The van der Waals surface area contributed by atoms with Gasteiger partial charge < -0.3 is 25.4 Å². The van der Waals surface area contributed by atoms with Gasteiger partial charge in [0.2, 0.25) is 0 Å². The van der Waals surface area contributed by atoms with Crippen molar-refractivity contribution in [1.82, 2.24) is 19.5 Å². The van der Waals surface area contributed by atoms with E-state index in [0.717, 1.165) is 0 Å². The molecule has 2 aromatic heterocycles. The van der Waals surface area contributed by atoms with Crippen LogP contribution >= 0.6 is 0 Å². The van der Waals surface area contributed by atoms with Gasteiger partial charge in [-0.3, -0.25) is 9.36 Å². The van der Waals surface area contributed by atoms with E-state index in [1.807, 2.05) is 6.07 Å². The summed E-state index contributed by atoms with van der Waals surface area (Å²) in [6, 6.07) is 8.65. The highest BCUT2D eigenvalue weighted by Crippen LogP contribution is 2.32. The lowest BCUT2D eigenvalue weighted by atomic mass is 10.1. The molecule has 140 valence electrons. The monoisotopic (exact) mass is 372 g/mol. The van der Waals surface area contributed by atoms with Crippen LogP contribution in [0.4, 0.5) is 5.82 Å². The first-order chi connectivity index (χ1) is 13.1. The number of hydrogen-bond donors (Lipinski definition) is 4. The van der Waals surface area contributed by atoms with Gasteiger partial charge in [-0.2, -0.15) is 0 Å². The molecule has 0 unspecified atom stereocenters. The highest BCUT2D eigenvalue weighted by atomic mass is 16.6. The van der Waals surface area contributed by atoms with E-state index < -0.39 is 31.1 Å². The Labute approximate surface area is 153 Å². The van der Waals surface area contributed by atoms with Gasteiger partial charge in [0.25, 0.3) is 5.91 Å². The summed E-state index contributed by atoms with van der Waals surface area (Å²) in [4.78, 5) is 24.8. The Hall–Kier alpha value is -2.92. The largest absolute Gasteiger partial charge is 0.394 e. The van der Waals surface area contributed by atoms with Gasteiger partial charge in [-0.25, -0.2) is 15.0 Å². The first-order valence-corrected chi connectivity index (χ1v) is 8.26. The summed E-state index contributed by atoms with van der Waals surface area (Å²) in [5.41, 5.74) is 1.08. The second-order valence-corrected chi connectivity index (χ2v) is 6.10. The summed E-state index contributed by atoms with van der Waals surface area (Å²) >= 11 is 0. The van der Waals surface area contributed by atoms with Crippen molar-refractivity contribution in [2.45, 2.75) is 24.5 Å². The lowest BCUT2D eigenvalue weighted by Gasteiger charge is -2.16. The van der Waals surface area contributed by atoms with Crippen LogP contribution in [0.5, 0.6) is 0 Å². The molecule has 0 aliphatic carbocycles. The number of hydrogen-bond acceptors (Lipinski definition) is 8. The highest BCUT2D eigenvalue weighted by molar-refractivity contribution is 6.06. The molecule has 27 heavy (non-hydrogen) atoms. The highest BCUT2D eigenvalue weighted by Gasteiger charge is 2.44. The zero-order chi connectivity index (χ0) is 19.0. The Balaban J connectivity index is 1.65. The van der Waals surface area contributed by atoms with Gasteiger partial charge in [0.15, 0.2) is 23.2 Å². The summed E-state index contributed by atoms with van der Waals surface area (Å²) in [5, 5.41) is 32.1. The van der Waals surface area contributed by atoms with Crippen LogP contribution in [0, 0.1) is 0 Å². The first-order valence-electron chi connectivity index (χ1n) is 8.26. The number of imidazole rings is 1. The predicted octanol–water partition coefficient (Wildman–Crippen LogP) is -0.310. The van der Waals surface area contributed by atoms with E-state index in [0.29, 0.717) is 16.7 Å². The molecule has 1 aliphatic rings. The van der Waals surface area contributed by atoms with Gasteiger partial charge in [-0.05, 0) is 12.1 Å². The summed E-state index contributed by atoms with van der Waals surface area (Å²) in [5.74, 6) is -0.141. The van der Waals surface area contributed by atoms with Gasteiger partial charge in [-0.15, -0.1) is 0 Å². The summed E-state index contributed by atoms with van der Waals surface area (Å²) in [6.07, 6.45) is -1.77. The molecule has 10 heteroatoms. The van der Waals surface area contributed by atoms with E-state index in [1.165, 1.54) is 17.2 Å². The normalized spacial score (nSPS) is 25.0. The van der Waals surface area contributed by atoms with Gasteiger partial charge in [-0.1, -0.05) is 18.2 Å². The molecule has 3 aromatic rings. The van der Waals surface area contributed by atoms with Gasteiger partial charge in [0.05, 0.1) is 12.9 Å². The number of rotatable bonds is 4. The zero-order valence-electron chi connectivity index (χ0n) is 14.0. The van der Waals surface area contributed by atoms with Crippen LogP contribution in [0.1, 0.15) is 16.6 Å². The number of nitrogens with one attached hydrogen (secondary N) is 1. The van der Waals surface area contributed by atoms with Crippen LogP contribution in [-0.2, 0) is 4.74 Å². The molecule has 4 rings (SSSR count). The number of aliphatic hydroxyl groups is 3. The van der Waals surface area contributed by atoms with E-state index in [9.17, 15) is 20.1 Å². The third-order valence-corrected chi connectivity index (χ3v) is 4.42. The minimum Gasteiger partial charge on any atom is -0.394 e. The summed E-state index contributed by atoms with van der Waals surface area (Å²) in [6.45, 7) is -0.436. The number of aromatic nitrogens is 4. The lowest BCUT2D eigenvalue weighted by Crippen LogP contribution is -2.33. The van der Waals surface area contributed by atoms with E-state index in [1.54, 1.807) is 24.3 Å². The zero-order valence-corrected chi connectivity index (χ0v) is 14.0. The number of nitrogens with zero attached hydrogens (tertiary/aromatic N) is 4. The second kappa shape index (κ2) is 7.00. The fraction of sp³-hybridized carbons (Fsp3) is 0.294. The molecule has 4 atom stereocenters. The Morgan fingerprint density at radius 3 is 2.63 bits per heavy atom. The van der Waals surface area contributed by atoms with Crippen molar-refractivity contribution in [3.05, 3.63) is 48.5 Å². The molecular formula is C17H17N5O5. The van der Waals surface area contributed by atoms with Crippen LogP contribution < -0.4 is 5.32 Å². The maximum absolute atomic E-state index is 12.4. The topological polar surface area (TPSA) is 143 Å². The molecule has 1 aliphatic heterocycles. The van der Waals surface area contributed by atoms with Crippen LogP contribution in [0.2, 0.25) is 0 Å². The molecule has 1 aromatic carbocycles. The summed E-state index contributed by atoms with van der Waals surface area (Å²) in [7, 11) is 0. The van der Waals surface area contributed by atoms with E-state index in [-0.39, 0.29) is 11.7 Å². The molecule has 3 heterocycles. The lowest BCUT2D eigenvalue weighted by molar-refractivity contribution is -0.0511. The van der Waals surface area contributed by atoms with Crippen LogP contribution in [0.3, 0.4) is 0 Å². The molecule has 0 spiro atoms. The Bertz CT molecular complexity index is 963. The minimum absolute atomic E-state index is 0.208. The van der Waals surface area contributed by atoms with Crippen molar-refractivity contribution in [2.75, 3.05) is 11.9 Å². The number of aliphatic hydroxyl groups excluding tert-OH is 3. The standard InChI is InChI=1S/C17H17N5O5/c23-6-10-12(24)13(25)17(27-10)22-8-20-11-14(18-7-19-15(11)22)21-16(26)9-4-2-1-3-5-9/h1-5,7-8,10,12-13,17,23-25H,6H2,(H,18,19,21,26)/t10-,12-,13-,17-/m1/s1/i21+1. The fourth-order valence-electron chi connectivity index (χ4n) is 3.01. The number of carbonyl (C=O) groups is 1. The maximum Gasteiger partial charge on any atom is 0.256 e. The number of anilines is 1. The van der Waals surface area contributed by atoms with Gasteiger partial charge >= 0.3 is 0 Å². The first kappa shape index (κ1) is 17.5. The molecule has 4 N–H and O–H groups in total. The number of fused-ring (bicyclic) bond motifs is 1. The SMILES string of the molecule is O=C([15NH]c1ncnc2c1ncn2[C@@H]1O[C@H](CO)[C@@H](O)[C@H]1O)c1ccccc1. The number of benzene rings is 1. The second-order valence-electron chi connectivity index (χ2n) is 6.10. The third-order valence-electron chi connectivity index (χ3n) is 4.42. The molecule has 0 bridgehead atoms. The molecule has 1 amide bonds. The minimum atomic E-state index is -1.27. The molecule has 1 saturated heterocycles. The van der Waals surface area contributed by atoms with Crippen LogP contribution in [0.25, 0.3) is 11.2 Å². The smallest absolute Gasteiger partial charge is 0.256 e. The number of carbonyl (C=O) groups excluding carboxylic acids is 1. The van der Waals surface area contributed by atoms with Crippen molar-refractivity contribution >= 4 is 22.9 Å². The predicted molar refractivity (Wildman–Crippen MR) is 92.7 cm³/mol. The average Bonchev–Trinajstić information content (AvgIpc) is 3.25. The molecule has 1 fully saturated rings. The van der Waals surface area contributed by atoms with Crippen molar-refractivity contribution in [2.24, 2.45) is 0 Å². The summed E-state index contributed by atoms with van der Waals surface area (Å²) < 4.78 is 6.93. The maximum atomic E-state index is 12.4. The van der Waals surface area contributed by atoms with Crippen molar-refractivity contribution < 1.29 is 24.9 Å². The van der Waals surface area contributed by atoms with Crippen molar-refractivity contribution in [3.63, 3.8) is 0 Å². The van der Waals surface area contributed by atoms with E-state index in [2.05, 4.69) is 20.3 Å². The Morgan fingerprint density at radius 1 is 1.15 bits per heavy atom. The van der Waals surface area contributed by atoms with E-state index >= 15 is 0 Å². The molecule has 10 nitrogen and oxygen atoms in total. The molecular weight excluding hydrogens is 355 g/mol. The van der Waals surface area contributed by atoms with Crippen molar-refractivity contribution in [3.8, 4) is 0 Å². The van der Waals surface area contributed by atoms with Gasteiger partial charge in [0, 0.05) is 5.56 Å².